The summed E-state index contributed by atoms with van der Waals surface area (Å²) >= 11 is 0. The average molecular weight is 264 g/mol. The van der Waals surface area contributed by atoms with Gasteiger partial charge in [-0.15, -0.1) is 0 Å². The molecule has 2 rings (SSSR count). The number of anilines is 1. The second-order valence-corrected chi connectivity index (χ2v) is 4.09. The maximum absolute atomic E-state index is 11.7. The summed E-state index contributed by atoms with van der Waals surface area (Å²) in [6.07, 6.45) is -1.66. The molecule has 2 amide bonds. The zero-order chi connectivity index (χ0) is 14.0. The van der Waals surface area contributed by atoms with E-state index in [9.17, 15) is 19.5 Å². The van der Waals surface area contributed by atoms with Crippen molar-refractivity contribution < 1.29 is 24.6 Å². The van der Waals surface area contributed by atoms with Gasteiger partial charge in [0.2, 0.25) is 11.8 Å². The number of nitrogens with zero attached hydrogens (tertiary/aromatic N) is 1. The molecule has 0 radical (unpaired) electrons. The number of hydrogen-bond donors (Lipinski definition) is 3. The van der Waals surface area contributed by atoms with Gasteiger partial charge in [0.1, 0.15) is 6.54 Å². The maximum Gasteiger partial charge on any atom is 0.337 e. The van der Waals surface area contributed by atoms with E-state index in [1.165, 1.54) is 23.1 Å². The molecule has 0 aromatic heterocycles. The molecule has 1 aromatic carbocycles. The summed E-state index contributed by atoms with van der Waals surface area (Å²) in [4.78, 5) is 34.9. The van der Waals surface area contributed by atoms with Crippen molar-refractivity contribution in [2.45, 2.75) is 6.10 Å². The van der Waals surface area contributed by atoms with Crippen LogP contribution in [0.15, 0.2) is 24.3 Å². The van der Waals surface area contributed by atoms with Gasteiger partial charge in [-0.05, 0) is 17.7 Å². The number of hydrogen-bond acceptors (Lipinski definition) is 4. The average Bonchev–Trinajstić information content (AvgIpc) is 2.40. The Labute approximate surface area is 108 Å². The summed E-state index contributed by atoms with van der Waals surface area (Å²) in [5.74, 6) is -1.95. The summed E-state index contributed by atoms with van der Waals surface area (Å²) in [6, 6.07) is 5.93. The lowest BCUT2D eigenvalue weighted by atomic mass is 10.1. The van der Waals surface area contributed by atoms with Crippen LogP contribution in [0.2, 0.25) is 0 Å². The van der Waals surface area contributed by atoms with Crippen molar-refractivity contribution in [2.24, 2.45) is 0 Å². The van der Waals surface area contributed by atoms with Crippen LogP contribution in [0.1, 0.15) is 11.7 Å². The molecule has 1 atom stereocenters. The third-order valence-electron chi connectivity index (χ3n) is 2.77. The van der Waals surface area contributed by atoms with Gasteiger partial charge >= 0.3 is 5.97 Å². The number of carbonyl (C=O) groups excluding carboxylic acids is 2. The molecule has 3 N–H and O–H groups in total. The monoisotopic (exact) mass is 264 g/mol. The summed E-state index contributed by atoms with van der Waals surface area (Å²) in [7, 11) is 0. The summed E-state index contributed by atoms with van der Waals surface area (Å²) in [5, 5.41) is 20.6. The van der Waals surface area contributed by atoms with Crippen LogP contribution < -0.4 is 10.2 Å². The maximum atomic E-state index is 11.7. The number of aliphatic carboxylic acids is 1. The SMILES string of the molecule is O=C1CN(c2cccc(C(O)C(=O)O)c2)C(=O)CN1. The van der Waals surface area contributed by atoms with E-state index in [0.717, 1.165) is 0 Å². The highest BCUT2D eigenvalue weighted by atomic mass is 16.4. The first-order valence-electron chi connectivity index (χ1n) is 5.57. The fraction of sp³-hybridized carbons (Fsp3) is 0.250. The van der Waals surface area contributed by atoms with Gasteiger partial charge in [0.25, 0.3) is 0 Å². The van der Waals surface area contributed by atoms with E-state index in [2.05, 4.69) is 5.32 Å². The summed E-state index contributed by atoms with van der Waals surface area (Å²) in [5.41, 5.74) is 0.543. The molecular weight excluding hydrogens is 252 g/mol. The first kappa shape index (κ1) is 13.0. The van der Waals surface area contributed by atoms with Crippen molar-refractivity contribution in [1.82, 2.24) is 5.32 Å². The Bertz CT molecular complexity index is 543. The van der Waals surface area contributed by atoms with Crippen molar-refractivity contribution in [3.05, 3.63) is 29.8 Å². The van der Waals surface area contributed by atoms with Gasteiger partial charge in [0.15, 0.2) is 6.10 Å². The Kier molecular flexibility index (Phi) is 3.48. The summed E-state index contributed by atoms with van der Waals surface area (Å²) < 4.78 is 0. The second kappa shape index (κ2) is 5.07. The van der Waals surface area contributed by atoms with E-state index in [1.54, 1.807) is 6.07 Å². The third-order valence-corrected chi connectivity index (χ3v) is 2.77. The number of amides is 2. The number of nitrogens with one attached hydrogen (secondary N) is 1. The minimum atomic E-state index is -1.66. The highest BCUT2D eigenvalue weighted by Crippen LogP contribution is 2.21. The first-order valence-corrected chi connectivity index (χ1v) is 5.57. The number of aliphatic hydroxyl groups is 1. The van der Waals surface area contributed by atoms with Crippen LogP contribution in [0.5, 0.6) is 0 Å². The van der Waals surface area contributed by atoms with Crippen LogP contribution in [0.3, 0.4) is 0 Å². The number of carboxylic acid groups (broad SMARTS) is 1. The van der Waals surface area contributed by atoms with Crippen LogP contribution in [-0.4, -0.2) is 41.1 Å². The Balaban J connectivity index is 2.30. The molecule has 100 valence electrons. The van der Waals surface area contributed by atoms with Gasteiger partial charge in [0.05, 0.1) is 6.54 Å². The number of aliphatic hydroxyl groups excluding tert-OH is 1. The fourth-order valence-electron chi connectivity index (χ4n) is 1.80. The number of carbonyl (C=O) groups is 3. The van der Waals surface area contributed by atoms with E-state index < -0.39 is 12.1 Å². The molecule has 0 saturated carbocycles. The molecule has 1 aromatic rings. The Morgan fingerprint density at radius 2 is 2.11 bits per heavy atom. The van der Waals surface area contributed by atoms with Crippen LogP contribution in [0.25, 0.3) is 0 Å². The lowest BCUT2D eigenvalue weighted by molar-refractivity contribution is -0.147. The number of rotatable bonds is 3. The molecule has 1 saturated heterocycles. The van der Waals surface area contributed by atoms with Crippen molar-refractivity contribution in [1.29, 1.82) is 0 Å². The minimum Gasteiger partial charge on any atom is -0.479 e. The molecule has 7 nitrogen and oxygen atoms in total. The predicted octanol–water partition coefficient (Wildman–Crippen LogP) is -0.733. The van der Waals surface area contributed by atoms with Gasteiger partial charge < -0.3 is 20.4 Å². The van der Waals surface area contributed by atoms with E-state index in [1.807, 2.05) is 0 Å². The molecule has 0 spiro atoms. The minimum absolute atomic E-state index is 0.0927. The molecule has 1 aliphatic rings. The topological polar surface area (TPSA) is 107 Å². The van der Waals surface area contributed by atoms with E-state index in [4.69, 9.17) is 5.11 Å². The van der Waals surface area contributed by atoms with Crippen molar-refractivity contribution in [3.8, 4) is 0 Å². The Hall–Kier alpha value is -2.41. The predicted molar refractivity (Wildman–Crippen MR) is 64.4 cm³/mol. The smallest absolute Gasteiger partial charge is 0.337 e. The van der Waals surface area contributed by atoms with Crippen LogP contribution >= 0.6 is 0 Å². The van der Waals surface area contributed by atoms with Gasteiger partial charge in [-0.3, -0.25) is 9.59 Å². The number of benzene rings is 1. The first-order chi connectivity index (χ1) is 8.99. The van der Waals surface area contributed by atoms with E-state index in [0.29, 0.717) is 5.69 Å². The van der Waals surface area contributed by atoms with E-state index in [-0.39, 0.29) is 30.5 Å². The van der Waals surface area contributed by atoms with Gasteiger partial charge in [0, 0.05) is 5.69 Å². The van der Waals surface area contributed by atoms with Crippen LogP contribution in [0.4, 0.5) is 5.69 Å². The molecule has 1 aliphatic heterocycles. The zero-order valence-electron chi connectivity index (χ0n) is 9.87. The highest BCUT2D eigenvalue weighted by molar-refractivity contribution is 6.04. The van der Waals surface area contributed by atoms with Gasteiger partial charge in [-0.1, -0.05) is 12.1 Å². The standard InChI is InChI=1S/C12H12N2O5/c15-9-6-14(10(16)5-13-9)8-3-1-2-7(4-8)11(17)12(18)19/h1-4,11,17H,5-6H2,(H,13,15)(H,18,19). The second-order valence-electron chi connectivity index (χ2n) is 4.09. The van der Waals surface area contributed by atoms with E-state index >= 15 is 0 Å². The Morgan fingerprint density at radius 3 is 2.79 bits per heavy atom. The number of piperazine rings is 1. The molecule has 19 heavy (non-hydrogen) atoms. The number of carboxylic acids is 1. The molecule has 7 heteroatoms. The largest absolute Gasteiger partial charge is 0.479 e. The highest BCUT2D eigenvalue weighted by Gasteiger charge is 2.25. The third kappa shape index (κ3) is 2.71. The molecule has 1 unspecified atom stereocenters. The summed E-state index contributed by atoms with van der Waals surface area (Å²) in [6.45, 7) is -0.212. The molecular formula is C12H12N2O5. The lowest BCUT2D eigenvalue weighted by Gasteiger charge is -2.27. The molecule has 0 bridgehead atoms. The molecule has 1 fully saturated rings. The van der Waals surface area contributed by atoms with Crippen LogP contribution in [0, 0.1) is 0 Å². The molecule has 0 aliphatic carbocycles. The van der Waals surface area contributed by atoms with Crippen LogP contribution in [-0.2, 0) is 14.4 Å². The van der Waals surface area contributed by atoms with Crippen molar-refractivity contribution >= 4 is 23.5 Å². The normalized spacial score (nSPS) is 17.0. The van der Waals surface area contributed by atoms with Gasteiger partial charge in [-0.2, -0.15) is 0 Å². The Morgan fingerprint density at radius 1 is 1.37 bits per heavy atom. The van der Waals surface area contributed by atoms with Crippen molar-refractivity contribution in [3.63, 3.8) is 0 Å². The van der Waals surface area contributed by atoms with Gasteiger partial charge in [-0.25, -0.2) is 4.79 Å². The van der Waals surface area contributed by atoms with Crippen molar-refractivity contribution in [2.75, 3.05) is 18.0 Å². The molecule has 1 heterocycles. The quantitative estimate of drug-likeness (QED) is 0.667. The lowest BCUT2D eigenvalue weighted by Crippen LogP contribution is -2.51. The zero-order valence-corrected chi connectivity index (χ0v) is 9.87. The fourth-order valence-corrected chi connectivity index (χ4v) is 1.80.